The van der Waals surface area contributed by atoms with Crippen molar-refractivity contribution in [2.45, 2.75) is 31.3 Å². The lowest BCUT2D eigenvalue weighted by atomic mass is 9.82. The Kier molecular flexibility index (Phi) is 3.52. The van der Waals surface area contributed by atoms with Gasteiger partial charge in [0.2, 0.25) is 0 Å². The molecule has 27 heavy (non-hydrogen) atoms. The second-order valence-electron chi connectivity index (χ2n) is 7.43. The van der Waals surface area contributed by atoms with Gasteiger partial charge in [-0.1, -0.05) is 0 Å². The summed E-state index contributed by atoms with van der Waals surface area (Å²) in [5.74, 6) is 1.27. The van der Waals surface area contributed by atoms with Crippen molar-refractivity contribution in [3.8, 4) is 17.3 Å². The smallest absolute Gasteiger partial charge is 0.141 e. The lowest BCUT2D eigenvalue weighted by molar-refractivity contribution is 0.295. The summed E-state index contributed by atoms with van der Waals surface area (Å²) < 4.78 is 2.12. The molecular weight excluding hydrogens is 340 g/mol. The molecule has 0 bridgehead atoms. The Morgan fingerprint density at radius 2 is 2.15 bits per heavy atom. The molecule has 0 aliphatic carbocycles. The number of nitrogens with zero attached hydrogens (tertiary/aromatic N) is 6. The van der Waals surface area contributed by atoms with Gasteiger partial charge in [0, 0.05) is 48.4 Å². The highest BCUT2D eigenvalue weighted by molar-refractivity contribution is 5.65. The van der Waals surface area contributed by atoms with Crippen LogP contribution in [0.5, 0.6) is 0 Å². The van der Waals surface area contributed by atoms with E-state index < -0.39 is 0 Å². The van der Waals surface area contributed by atoms with Crippen LogP contribution in [0.2, 0.25) is 0 Å². The van der Waals surface area contributed by atoms with E-state index in [4.69, 9.17) is 10.8 Å². The second-order valence-corrected chi connectivity index (χ2v) is 7.43. The Bertz CT molecular complexity index is 1030. The molecule has 8 nitrogen and oxygen atoms in total. The number of rotatable bonds is 3. The minimum atomic E-state index is 0.150. The minimum absolute atomic E-state index is 0.150. The number of anilines is 1. The Morgan fingerprint density at radius 3 is 2.96 bits per heavy atom. The summed E-state index contributed by atoms with van der Waals surface area (Å²) in [6.45, 7) is 3.85. The van der Waals surface area contributed by atoms with E-state index in [-0.39, 0.29) is 11.2 Å². The molecule has 3 aromatic heterocycles. The summed E-state index contributed by atoms with van der Waals surface area (Å²) >= 11 is 0. The van der Waals surface area contributed by atoms with E-state index in [1.165, 1.54) is 5.69 Å². The number of aromatic nitrogens is 5. The third-order valence-electron chi connectivity index (χ3n) is 5.82. The van der Waals surface area contributed by atoms with Crippen molar-refractivity contribution in [2.24, 2.45) is 0 Å². The third-order valence-corrected chi connectivity index (χ3v) is 5.82. The predicted molar refractivity (Wildman–Crippen MR) is 99.4 cm³/mol. The topological polar surface area (TPSA) is 112 Å². The van der Waals surface area contributed by atoms with Crippen LogP contribution in [0.15, 0.2) is 30.7 Å². The summed E-state index contributed by atoms with van der Waals surface area (Å²) in [7, 11) is 0. The Balaban J connectivity index is 1.42. The van der Waals surface area contributed by atoms with Crippen LogP contribution in [-0.4, -0.2) is 42.7 Å². The van der Waals surface area contributed by atoms with E-state index in [1.54, 1.807) is 18.5 Å². The number of nitrogens with two attached hydrogens (primary N) is 1. The van der Waals surface area contributed by atoms with Crippen molar-refractivity contribution in [1.29, 1.82) is 5.26 Å². The van der Waals surface area contributed by atoms with E-state index >= 15 is 0 Å². The molecule has 5 rings (SSSR count). The third kappa shape index (κ3) is 2.59. The number of imidazole rings is 1. The first-order chi connectivity index (χ1) is 13.2. The fourth-order valence-corrected chi connectivity index (χ4v) is 4.41. The van der Waals surface area contributed by atoms with Crippen LogP contribution in [0, 0.1) is 11.3 Å². The quantitative estimate of drug-likeness (QED) is 0.735. The predicted octanol–water partition coefficient (Wildman–Crippen LogP) is 1.67. The standard InChI is InChI=1S/C19H20N8/c20-9-13-7-14(10-24-18(13)21)15-8-16-19(2-6-27(16)25-15)1-5-26(12-19)11-17-22-3-4-23-17/h3-4,7-8,10H,1-2,5-6,11-12H2,(H2,21,24)(H,22,23). The van der Waals surface area contributed by atoms with Gasteiger partial charge in [-0.3, -0.25) is 9.58 Å². The summed E-state index contributed by atoms with van der Waals surface area (Å²) in [4.78, 5) is 14.1. The molecule has 1 atom stereocenters. The van der Waals surface area contributed by atoms with Gasteiger partial charge in [0.15, 0.2) is 0 Å². The maximum absolute atomic E-state index is 9.20. The number of nitriles is 1. The number of H-pyrrole nitrogens is 1. The fourth-order valence-electron chi connectivity index (χ4n) is 4.41. The lowest BCUT2D eigenvalue weighted by Gasteiger charge is -2.23. The number of nitrogens with one attached hydrogen (secondary N) is 1. The molecular formula is C19H20N8. The monoisotopic (exact) mass is 360 g/mol. The van der Waals surface area contributed by atoms with Crippen molar-refractivity contribution < 1.29 is 0 Å². The molecule has 1 spiro atoms. The molecule has 0 saturated carbocycles. The first-order valence-corrected chi connectivity index (χ1v) is 9.12. The van der Waals surface area contributed by atoms with Crippen LogP contribution in [0.4, 0.5) is 5.82 Å². The van der Waals surface area contributed by atoms with Crippen LogP contribution < -0.4 is 5.73 Å². The van der Waals surface area contributed by atoms with E-state index in [0.29, 0.717) is 5.56 Å². The first kappa shape index (κ1) is 16.0. The van der Waals surface area contributed by atoms with Gasteiger partial charge < -0.3 is 10.7 Å². The average Bonchev–Trinajstić information content (AvgIpc) is 3.44. The molecule has 1 saturated heterocycles. The van der Waals surface area contributed by atoms with Crippen LogP contribution in [0.1, 0.15) is 29.9 Å². The van der Waals surface area contributed by atoms with Gasteiger partial charge in [0.25, 0.3) is 0 Å². The average molecular weight is 360 g/mol. The maximum atomic E-state index is 9.20. The van der Waals surface area contributed by atoms with Gasteiger partial charge in [0.05, 0.1) is 17.8 Å². The van der Waals surface area contributed by atoms with Crippen LogP contribution >= 0.6 is 0 Å². The second kappa shape index (κ2) is 5.93. The molecule has 2 aliphatic heterocycles. The number of aromatic amines is 1. The molecule has 0 radical (unpaired) electrons. The largest absolute Gasteiger partial charge is 0.383 e. The Hall–Kier alpha value is -3.18. The zero-order valence-electron chi connectivity index (χ0n) is 14.9. The molecule has 2 aliphatic rings. The summed E-state index contributed by atoms with van der Waals surface area (Å²) in [5.41, 5.74) is 9.26. The van der Waals surface area contributed by atoms with Crippen LogP contribution in [-0.2, 0) is 18.5 Å². The van der Waals surface area contributed by atoms with Gasteiger partial charge in [-0.2, -0.15) is 10.4 Å². The zero-order valence-corrected chi connectivity index (χ0v) is 14.9. The normalized spacial score (nSPS) is 21.6. The van der Waals surface area contributed by atoms with Gasteiger partial charge in [0.1, 0.15) is 17.7 Å². The number of aryl methyl sites for hydroxylation is 1. The van der Waals surface area contributed by atoms with Crippen molar-refractivity contribution in [3.05, 3.63) is 47.8 Å². The number of pyridine rings is 1. The number of nitrogen functional groups attached to an aromatic ring is 1. The highest BCUT2D eigenvalue weighted by Gasteiger charge is 2.45. The highest BCUT2D eigenvalue weighted by Crippen LogP contribution is 2.44. The molecule has 1 unspecified atom stereocenters. The molecule has 1 fully saturated rings. The van der Waals surface area contributed by atoms with Gasteiger partial charge >= 0.3 is 0 Å². The van der Waals surface area contributed by atoms with Crippen molar-refractivity contribution in [1.82, 2.24) is 29.6 Å². The molecule has 0 aromatic carbocycles. The minimum Gasteiger partial charge on any atom is -0.383 e. The molecule has 136 valence electrons. The summed E-state index contributed by atoms with van der Waals surface area (Å²) in [6.07, 6.45) is 7.61. The Morgan fingerprint density at radius 1 is 1.26 bits per heavy atom. The van der Waals surface area contributed by atoms with E-state index in [1.807, 2.05) is 6.20 Å². The zero-order chi connectivity index (χ0) is 18.4. The van der Waals surface area contributed by atoms with Gasteiger partial charge in [-0.05, 0) is 31.5 Å². The van der Waals surface area contributed by atoms with Crippen molar-refractivity contribution in [3.63, 3.8) is 0 Å². The van der Waals surface area contributed by atoms with E-state index in [9.17, 15) is 5.26 Å². The number of hydrogen-bond donors (Lipinski definition) is 2. The number of hydrogen-bond acceptors (Lipinski definition) is 6. The van der Waals surface area contributed by atoms with Crippen LogP contribution in [0.25, 0.3) is 11.3 Å². The molecule has 3 aromatic rings. The number of fused-ring (bicyclic) bond motifs is 2. The summed E-state index contributed by atoms with van der Waals surface area (Å²) in [5, 5.41) is 14.0. The van der Waals surface area contributed by atoms with Gasteiger partial charge in [-0.15, -0.1) is 0 Å². The first-order valence-electron chi connectivity index (χ1n) is 9.12. The molecule has 0 amide bonds. The van der Waals surface area contributed by atoms with Crippen molar-refractivity contribution in [2.75, 3.05) is 18.8 Å². The van der Waals surface area contributed by atoms with E-state index in [0.717, 1.165) is 56.1 Å². The SMILES string of the molecule is N#Cc1cc(-c2cc3n(n2)CCC32CCN(Cc3ncc[nH]3)C2)cnc1N. The van der Waals surface area contributed by atoms with Crippen molar-refractivity contribution >= 4 is 5.82 Å². The molecule has 5 heterocycles. The van der Waals surface area contributed by atoms with E-state index in [2.05, 4.69) is 36.7 Å². The maximum Gasteiger partial charge on any atom is 0.141 e. The van der Waals surface area contributed by atoms with Crippen LogP contribution in [0.3, 0.4) is 0 Å². The van der Waals surface area contributed by atoms with Gasteiger partial charge in [-0.25, -0.2) is 9.97 Å². The number of likely N-dealkylation sites (tertiary alicyclic amines) is 1. The fraction of sp³-hybridized carbons (Fsp3) is 0.368. The lowest BCUT2D eigenvalue weighted by Crippen LogP contribution is -2.29. The highest BCUT2D eigenvalue weighted by atomic mass is 15.3. The molecule has 8 heteroatoms. The Labute approximate surface area is 156 Å². The molecule has 3 N–H and O–H groups in total. The summed E-state index contributed by atoms with van der Waals surface area (Å²) in [6, 6.07) is 6.03.